The molecule has 20 heavy (non-hydrogen) atoms. The maximum atomic E-state index is 4.66. The number of nitrogens with one attached hydrogen (secondary N) is 1. The fraction of sp³-hybridized carbons (Fsp3) is 0.412. The normalized spacial score (nSPS) is 11.1. The van der Waals surface area contributed by atoms with Crippen molar-refractivity contribution in [2.24, 2.45) is 0 Å². The van der Waals surface area contributed by atoms with Gasteiger partial charge in [-0.15, -0.1) is 0 Å². The number of aromatic nitrogens is 2. The Balaban J connectivity index is 2.15. The van der Waals surface area contributed by atoms with Crippen LogP contribution in [0, 0.1) is 13.8 Å². The molecule has 1 heterocycles. The van der Waals surface area contributed by atoms with Crippen LogP contribution >= 0.6 is 0 Å². The summed E-state index contributed by atoms with van der Waals surface area (Å²) in [6.45, 7) is 9.21. The van der Waals surface area contributed by atoms with Crippen molar-refractivity contribution < 1.29 is 0 Å². The van der Waals surface area contributed by atoms with Crippen molar-refractivity contribution in [3.63, 3.8) is 0 Å². The molecule has 0 aliphatic rings. The monoisotopic (exact) mass is 269 g/mol. The Bertz CT molecular complexity index is 576. The summed E-state index contributed by atoms with van der Waals surface area (Å²) in [6, 6.07) is 11.0. The largest absolute Gasteiger partial charge is 0.309 e. The van der Waals surface area contributed by atoms with Gasteiger partial charge in [0.2, 0.25) is 0 Å². The topological polar surface area (TPSA) is 37.8 Å². The molecule has 0 fully saturated rings. The zero-order valence-electron chi connectivity index (χ0n) is 12.8. The van der Waals surface area contributed by atoms with Crippen molar-refractivity contribution in [1.82, 2.24) is 15.3 Å². The molecule has 106 valence electrons. The van der Waals surface area contributed by atoms with Crippen LogP contribution in [0.2, 0.25) is 0 Å². The maximum absolute atomic E-state index is 4.66. The number of benzene rings is 1. The Labute approximate surface area is 121 Å². The Kier molecular flexibility index (Phi) is 4.85. The SMILES string of the molecule is Cc1cccc(Cc2nc(C)cc(CNC(C)C)n2)c1. The van der Waals surface area contributed by atoms with E-state index < -0.39 is 0 Å². The standard InChI is InChI=1S/C17H23N3/c1-12(2)18-11-16-9-14(4)19-17(20-16)10-15-7-5-6-13(3)8-15/h5-9,12,18H,10-11H2,1-4H3. The second kappa shape index (κ2) is 6.62. The van der Waals surface area contributed by atoms with Crippen LogP contribution in [0.1, 0.15) is 42.2 Å². The van der Waals surface area contributed by atoms with E-state index in [1.807, 2.05) is 6.92 Å². The molecule has 2 aromatic rings. The third kappa shape index (κ3) is 4.42. The minimum absolute atomic E-state index is 0.463. The molecule has 0 amide bonds. The fourth-order valence-electron chi connectivity index (χ4n) is 2.18. The lowest BCUT2D eigenvalue weighted by Gasteiger charge is -2.10. The molecule has 3 heteroatoms. The van der Waals surface area contributed by atoms with Crippen molar-refractivity contribution in [3.05, 3.63) is 58.7 Å². The molecule has 0 bridgehead atoms. The summed E-state index contributed by atoms with van der Waals surface area (Å²) < 4.78 is 0. The predicted octanol–water partition coefficient (Wildman–Crippen LogP) is 3.18. The molecule has 0 saturated heterocycles. The van der Waals surface area contributed by atoms with Gasteiger partial charge in [-0.05, 0) is 25.5 Å². The summed E-state index contributed by atoms with van der Waals surface area (Å²) in [7, 11) is 0. The van der Waals surface area contributed by atoms with Gasteiger partial charge >= 0.3 is 0 Å². The zero-order chi connectivity index (χ0) is 14.5. The van der Waals surface area contributed by atoms with E-state index in [0.29, 0.717) is 6.04 Å². The minimum Gasteiger partial charge on any atom is -0.309 e. The molecule has 0 aliphatic heterocycles. The van der Waals surface area contributed by atoms with Gasteiger partial charge < -0.3 is 5.32 Å². The van der Waals surface area contributed by atoms with Crippen LogP contribution in [0.3, 0.4) is 0 Å². The maximum Gasteiger partial charge on any atom is 0.133 e. The molecule has 0 atom stereocenters. The number of nitrogens with zero attached hydrogens (tertiary/aromatic N) is 2. The number of aryl methyl sites for hydroxylation is 2. The fourth-order valence-corrected chi connectivity index (χ4v) is 2.18. The van der Waals surface area contributed by atoms with Gasteiger partial charge in [-0.25, -0.2) is 9.97 Å². The predicted molar refractivity (Wildman–Crippen MR) is 82.7 cm³/mol. The summed E-state index contributed by atoms with van der Waals surface area (Å²) in [5, 5.41) is 3.40. The third-order valence-electron chi connectivity index (χ3n) is 3.09. The van der Waals surface area contributed by atoms with Crippen LogP contribution in [-0.2, 0) is 13.0 Å². The highest BCUT2D eigenvalue weighted by atomic mass is 14.9. The summed E-state index contributed by atoms with van der Waals surface area (Å²) in [5.74, 6) is 0.899. The number of hydrogen-bond donors (Lipinski definition) is 1. The van der Waals surface area contributed by atoms with E-state index in [-0.39, 0.29) is 0 Å². The van der Waals surface area contributed by atoms with Crippen LogP contribution in [0.15, 0.2) is 30.3 Å². The molecule has 0 radical (unpaired) electrons. The van der Waals surface area contributed by atoms with Gasteiger partial charge in [0.1, 0.15) is 5.82 Å². The van der Waals surface area contributed by atoms with E-state index in [4.69, 9.17) is 0 Å². The molecular formula is C17H23N3. The Morgan fingerprint density at radius 1 is 1.10 bits per heavy atom. The van der Waals surface area contributed by atoms with Gasteiger partial charge in [-0.1, -0.05) is 43.7 Å². The van der Waals surface area contributed by atoms with Gasteiger partial charge in [0, 0.05) is 24.7 Å². The van der Waals surface area contributed by atoms with Crippen LogP contribution in [0.25, 0.3) is 0 Å². The lowest BCUT2D eigenvalue weighted by molar-refractivity contribution is 0.578. The van der Waals surface area contributed by atoms with Crippen molar-refractivity contribution in [1.29, 1.82) is 0 Å². The lowest BCUT2D eigenvalue weighted by Crippen LogP contribution is -2.23. The number of hydrogen-bond acceptors (Lipinski definition) is 3. The molecule has 1 N–H and O–H groups in total. The average Bonchev–Trinajstić information content (AvgIpc) is 2.35. The molecule has 0 unspecified atom stereocenters. The number of rotatable bonds is 5. The minimum atomic E-state index is 0.463. The molecular weight excluding hydrogens is 246 g/mol. The van der Waals surface area contributed by atoms with Gasteiger partial charge in [0.05, 0.1) is 5.69 Å². The van der Waals surface area contributed by atoms with Crippen molar-refractivity contribution in [2.45, 2.75) is 46.7 Å². The highest BCUT2D eigenvalue weighted by Gasteiger charge is 2.05. The van der Waals surface area contributed by atoms with E-state index in [1.165, 1.54) is 11.1 Å². The van der Waals surface area contributed by atoms with Crippen LogP contribution in [0.5, 0.6) is 0 Å². The third-order valence-corrected chi connectivity index (χ3v) is 3.09. The van der Waals surface area contributed by atoms with Crippen LogP contribution in [-0.4, -0.2) is 16.0 Å². The van der Waals surface area contributed by atoms with E-state index in [2.05, 4.69) is 66.4 Å². The highest BCUT2D eigenvalue weighted by molar-refractivity contribution is 5.25. The Hall–Kier alpha value is -1.74. The molecule has 2 rings (SSSR count). The summed E-state index contributed by atoms with van der Waals surface area (Å²) in [6.07, 6.45) is 0.790. The van der Waals surface area contributed by atoms with E-state index >= 15 is 0 Å². The lowest BCUT2D eigenvalue weighted by atomic mass is 10.1. The van der Waals surface area contributed by atoms with Crippen molar-refractivity contribution in [2.75, 3.05) is 0 Å². The smallest absolute Gasteiger partial charge is 0.133 e. The van der Waals surface area contributed by atoms with Crippen molar-refractivity contribution >= 4 is 0 Å². The Morgan fingerprint density at radius 3 is 2.60 bits per heavy atom. The summed E-state index contributed by atoms with van der Waals surface area (Å²) in [5.41, 5.74) is 4.63. The quantitative estimate of drug-likeness (QED) is 0.906. The first kappa shape index (κ1) is 14.7. The summed E-state index contributed by atoms with van der Waals surface area (Å²) >= 11 is 0. The van der Waals surface area contributed by atoms with Crippen molar-refractivity contribution in [3.8, 4) is 0 Å². The summed E-state index contributed by atoms with van der Waals surface area (Å²) in [4.78, 5) is 9.20. The second-order valence-electron chi connectivity index (χ2n) is 5.62. The van der Waals surface area contributed by atoms with E-state index in [9.17, 15) is 0 Å². The Morgan fingerprint density at radius 2 is 1.90 bits per heavy atom. The van der Waals surface area contributed by atoms with E-state index in [0.717, 1.165) is 30.2 Å². The molecule has 1 aromatic carbocycles. The van der Waals surface area contributed by atoms with Gasteiger partial charge in [-0.2, -0.15) is 0 Å². The molecule has 1 aromatic heterocycles. The zero-order valence-corrected chi connectivity index (χ0v) is 12.8. The molecule has 0 aliphatic carbocycles. The van der Waals surface area contributed by atoms with Crippen LogP contribution in [0.4, 0.5) is 0 Å². The van der Waals surface area contributed by atoms with Crippen LogP contribution < -0.4 is 5.32 Å². The first-order valence-electron chi connectivity index (χ1n) is 7.15. The first-order chi connectivity index (χ1) is 9.52. The molecule has 3 nitrogen and oxygen atoms in total. The first-order valence-corrected chi connectivity index (χ1v) is 7.15. The van der Waals surface area contributed by atoms with E-state index in [1.54, 1.807) is 0 Å². The molecule has 0 saturated carbocycles. The second-order valence-corrected chi connectivity index (χ2v) is 5.62. The molecule has 0 spiro atoms. The van der Waals surface area contributed by atoms with Gasteiger partial charge in [-0.3, -0.25) is 0 Å². The van der Waals surface area contributed by atoms with Gasteiger partial charge in [0.25, 0.3) is 0 Å². The average molecular weight is 269 g/mol. The van der Waals surface area contributed by atoms with Gasteiger partial charge in [0.15, 0.2) is 0 Å². The highest BCUT2D eigenvalue weighted by Crippen LogP contribution is 2.10.